The number of hydrogen-bond donors (Lipinski definition) is 1. The van der Waals surface area contributed by atoms with Crippen molar-refractivity contribution < 1.29 is 18.0 Å². The number of H-pyrrole nitrogens is 1. The number of hydrogen-bond acceptors (Lipinski definition) is 4. The number of benzene rings is 1. The van der Waals surface area contributed by atoms with Gasteiger partial charge in [-0.15, -0.1) is 5.10 Å². The van der Waals surface area contributed by atoms with Crippen LogP contribution in [-0.2, 0) is 19.8 Å². The number of rotatable bonds is 4. The average molecular weight is 416 g/mol. The van der Waals surface area contributed by atoms with Gasteiger partial charge in [0.25, 0.3) is 5.56 Å². The lowest BCUT2D eigenvalue weighted by atomic mass is 10.1. The average Bonchev–Trinajstić information content (AvgIpc) is 3.14. The van der Waals surface area contributed by atoms with Gasteiger partial charge in [-0.25, -0.2) is 4.79 Å². The number of aromatic amines is 1. The number of nitrogens with one attached hydrogen (secondary N) is 1. The van der Waals surface area contributed by atoms with Gasteiger partial charge in [0.2, 0.25) is 11.6 Å². The number of halogens is 4. The summed E-state index contributed by atoms with van der Waals surface area (Å²) in [5.41, 5.74) is -1.78. The van der Waals surface area contributed by atoms with E-state index in [9.17, 15) is 27.6 Å². The second-order valence-corrected chi connectivity index (χ2v) is 6.21. The van der Waals surface area contributed by atoms with Gasteiger partial charge in [-0.05, 0) is 25.1 Å². The number of ketones is 1. The van der Waals surface area contributed by atoms with Gasteiger partial charge in [-0.2, -0.15) is 17.9 Å². The third-order valence-electron chi connectivity index (χ3n) is 4.08. The Hall–Kier alpha value is -3.08. The molecule has 8 nitrogen and oxygen atoms in total. The van der Waals surface area contributed by atoms with Gasteiger partial charge < -0.3 is 5.10 Å². The Bertz CT molecular complexity index is 1190. The number of carbonyl (C=O) groups is 1. The summed E-state index contributed by atoms with van der Waals surface area (Å²) in [4.78, 5) is 36.7. The number of carbonyl (C=O) groups excluding carboxylic acids is 1. The zero-order valence-electron chi connectivity index (χ0n) is 14.5. The summed E-state index contributed by atoms with van der Waals surface area (Å²) < 4.78 is 40.9. The van der Waals surface area contributed by atoms with Crippen molar-refractivity contribution in [1.82, 2.24) is 24.1 Å². The summed E-state index contributed by atoms with van der Waals surface area (Å²) in [5.74, 6) is -2.03. The molecule has 2 heterocycles. The Balaban J connectivity index is 2.04. The van der Waals surface area contributed by atoms with Crippen LogP contribution in [0.3, 0.4) is 0 Å². The molecule has 0 aliphatic rings. The maximum absolute atomic E-state index is 12.9. The first-order chi connectivity index (χ1) is 13.1. The lowest BCUT2D eigenvalue weighted by Gasteiger charge is -2.05. The highest BCUT2D eigenvalue weighted by molar-refractivity contribution is 6.35. The molecule has 0 aliphatic heterocycles. The monoisotopic (exact) mass is 415 g/mol. The zero-order chi connectivity index (χ0) is 20.8. The van der Waals surface area contributed by atoms with Gasteiger partial charge in [-0.1, -0.05) is 11.6 Å². The van der Waals surface area contributed by atoms with E-state index in [4.69, 9.17) is 11.6 Å². The lowest BCUT2D eigenvalue weighted by molar-refractivity contribution is -0.147. The molecule has 0 atom stereocenters. The predicted octanol–water partition coefficient (Wildman–Crippen LogP) is 1.98. The van der Waals surface area contributed by atoms with Crippen LogP contribution in [0.15, 0.2) is 34.0 Å². The van der Waals surface area contributed by atoms with Crippen LogP contribution >= 0.6 is 11.6 Å². The van der Waals surface area contributed by atoms with Crippen LogP contribution in [0.1, 0.15) is 28.7 Å². The van der Waals surface area contributed by atoms with Crippen molar-refractivity contribution >= 4 is 17.4 Å². The van der Waals surface area contributed by atoms with Gasteiger partial charge in [-0.3, -0.25) is 18.8 Å². The van der Waals surface area contributed by atoms with Gasteiger partial charge in [0.05, 0.1) is 10.7 Å². The highest BCUT2D eigenvalue weighted by atomic mass is 35.5. The summed E-state index contributed by atoms with van der Waals surface area (Å²) in [6, 6.07) is 3.57. The Kier molecular flexibility index (Phi) is 4.79. The Labute approximate surface area is 159 Å². The first kappa shape index (κ1) is 19.7. The van der Waals surface area contributed by atoms with E-state index >= 15 is 0 Å². The van der Waals surface area contributed by atoms with Gasteiger partial charge in [0, 0.05) is 25.4 Å². The summed E-state index contributed by atoms with van der Waals surface area (Å²) in [6.45, 7) is 2.05. The summed E-state index contributed by atoms with van der Waals surface area (Å²) in [7, 11) is 0.943. The highest BCUT2D eigenvalue weighted by Gasteiger charge is 2.38. The fourth-order valence-electron chi connectivity index (χ4n) is 2.62. The number of alkyl halides is 3. The SMILES string of the molecule is CCn1[nH]cc(C(=O)c2ccc(-n3nc(C(F)(F)F)n(C)c3=O)cc2Cl)c1=O. The first-order valence-electron chi connectivity index (χ1n) is 7.92. The van der Waals surface area contributed by atoms with Gasteiger partial charge in [0.1, 0.15) is 5.56 Å². The molecule has 12 heteroatoms. The fourth-order valence-corrected chi connectivity index (χ4v) is 2.88. The van der Waals surface area contributed by atoms with E-state index < -0.39 is 29.0 Å². The molecule has 3 rings (SSSR count). The Morgan fingerprint density at radius 1 is 1.25 bits per heavy atom. The molecule has 0 bridgehead atoms. The van der Waals surface area contributed by atoms with Crippen molar-refractivity contribution in [3.8, 4) is 5.69 Å². The van der Waals surface area contributed by atoms with E-state index in [0.29, 0.717) is 15.8 Å². The van der Waals surface area contributed by atoms with Crippen molar-refractivity contribution in [2.45, 2.75) is 19.6 Å². The minimum absolute atomic E-state index is 0.0372. The van der Waals surface area contributed by atoms with Gasteiger partial charge >= 0.3 is 11.9 Å². The summed E-state index contributed by atoms with van der Waals surface area (Å²) in [5, 5.41) is 5.79. The third-order valence-corrected chi connectivity index (χ3v) is 4.39. The smallest absolute Gasteiger partial charge is 0.302 e. The number of aryl methyl sites for hydroxylation is 1. The van der Waals surface area contributed by atoms with Crippen molar-refractivity contribution in [2.75, 3.05) is 0 Å². The van der Waals surface area contributed by atoms with E-state index in [0.717, 1.165) is 13.1 Å². The fraction of sp³-hybridized carbons (Fsp3) is 0.250. The molecular formula is C16H13ClF3N5O3. The van der Waals surface area contributed by atoms with Crippen LogP contribution in [0.4, 0.5) is 13.2 Å². The van der Waals surface area contributed by atoms with Crippen molar-refractivity contribution in [3.05, 3.63) is 67.2 Å². The molecule has 3 aromatic rings. The minimum Gasteiger partial charge on any atom is -0.302 e. The standard InChI is InChI=1S/C16H13ClF3N5O3/c1-3-24-13(27)10(7-21-24)12(26)9-5-4-8(6-11(9)17)25-15(28)23(2)14(22-25)16(18,19)20/h4-7,21H,3H2,1-2H3. The maximum atomic E-state index is 12.9. The second kappa shape index (κ2) is 6.82. The highest BCUT2D eigenvalue weighted by Crippen LogP contribution is 2.27. The molecule has 148 valence electrons. The molecule has 0 spiro atoms. The molecule has 1 N–H and O–H groups in total. The largest absolute Gasteiger partial charge is 0.451 e. The van der Waals surface area contributed by atoms with Crippen LogP contribution < -0.4 is 11.2 Å². The molecule has 0 fully saturated rings. The third kappa shape index (κ3) is 3.17. The van der Waals surface area contributed by atoms with Crippen LogP contribution in [-0.4, -0.2) is 29.9 Å². The van der Waals surface area contributed by atoms with E-state index in [-0.39, 0.29) is 21.8 Å². The van der Waals surface area contributed by atoms with Crippen molar-refractivity contribution in [2.24, 2.45) is 7.05 Å². The lowest BCUT2D eigenvalue weighted by Crippen LogP contribution is -2.23. The molecule has 0 radical (unpaired) electrons. The maximum Gasteiger partial charge on any atom is 0.451 e. The van der Waals surface area contributed by atoms with Crippen molar-refractivity contribution in [3.63, 3.8) is 0 Å². The predicted molar refractivity (Wildman–Crippen MR) is 93.0 cm³/mol. The molecule has 0 unspecified atom stereocenters. The second-order valence-electron chi connectivity index (χ2n) is 5.80. The van der Waals surface area contributed by atoms with E-state index in [2.05, 4.69) is 10.2 Å². The van der Waals surface area contributed by atoms with Crippen LogP contribution in [0, 0.1) is 0 Å². The van der Waals surface area contributed by atoms with E-state index in [1.165, 1.54) is 23.0 Å². The molecule has 2 aromatic heterocycles. The normalized spacial score (nSPS) is 11.8. The Morgan fingerprint density at radius 2 is 1.93 bits per heavy atom. The van der Waals surface area contributed by atoms with Gasteiger partial charge in [0.15, 0.2) is 0 Å². The molecule has 0 amide bonds. The van der Waals surface area contributed by atoms with Crippen LogP contribution in [0.25, 0.3) is 5.69 Å². The first-order valence-corrected chi connectivity index (χ1v) is 8.30. The molecule has 0 saturated carbocycles. The summed E-state index contributed by atoms with van der Waals surface area (Å²) >= 11 is 6.09. The minimum atomic E-state index is -4.81. The molecule has 1 aromatic carbocycles. The number of nitrogens with zero attached hydrogens (tertiary/aromatic N) is 4. The Morgan fingerprint density at radius 3 is 2.43 bits per heavy atom. The topological polar surface area (TPSA) is 94.7 Å². The van der Waals surface area contributed by atoms with E-state index in [1.807, 2.05) is 0 Å². The van der Waals surface area contributed by atoms with Crippen LogP contribution in [0.2, 0.25) is 5.02 Å². The van der Waals surface area contributed by atoms with Crippen LogP contribution in [0.5, 0.6) is 0 Å². The number of aromatic nitrogens is 5. The molecule has 0 aliphatic carbocycles. The van der Waals surface area contributed by atoms with Crippen molar-refractivity contribution in [1.29, 1.82) is 0 Å². The van der Waals surface area contributed by atoms with E-state index in [1.54, 1.807) is 6.92 Å². The summed E-state index contributed by atoms with van der Waals surface area (Å²) in [6.07, 6.45) is -3.57. The quantitative estimate of drug-likeness (QED) is 0.659. The molecular weight excluding hydrogens is 403 g/mol. The molecule has 0 saturated heterocycles. The molecule has 28 heavy (non-hydrogen) atoms. The zero-order valence-corrected chi connectivity index (χ0v) is 15.3.